The number of hydrogen-bond acceptors (Lipinski definition) is 4. The summed E-state index contributed by atoms with van der Waals surface area (Å²) in [6, 6.07) is 5.18. The van der Waals surface area contributed by atoms with Crippen molar-refractivity contribution in [3.8, 4) is 0 Å². The lowest BCUT2D eigenvalue weighted by Gasteiger charge is -2.11. The number of thioether (sulfide) groups is 1. The summed E-state index contributed by atoms with van der Waals surface area (Å²) < 4.78 is 0.679. The molecular formula is C11H13IN2O2S. The molecule has 1 aromatic carbocycles. The van der Waals surface area contributed by atoms with Crippen LogP contribution < -0.4 is 5.32 Å². The Morgan fingerprint density at radius 2 is 2.41 bits per heavy atom. The van der Waals surface area contributed by atoms with Crippen molar-refractivity contribution in [2.24, 2.45) is 5.92 Å². The molecule has 6 heteroatoms. The number of nitro groups is 1. The second kappa shape index (κ2) is 5.90. The molecule has 1 aliphatic rings. The molecule has 0 radical (unpaired) electrons. The van der Waals surface area contributed by atoms with Gasteiger partial charge in [-0.15, -0.1) is 0 Å². The number of anilines is 1. The number of nitrogens with one attached hydrogen (secondary N) is 1. The molecule has 0 aliphatic carbocycles. The van der Waals surface area contributed by atoms with Crippen LogP contribution in [0, 0.1) is 19.6 Å². The summed E-state index contributed by atoms with van der Waals surface area (Å²) in [5, 5.41) is 14.0. The van der Waals surface area contributed by atoms with Gasteiger partial charge < -0.3 is 5.32 Å². The summed E-state index contributed by atoms with van der Waals surface area (Å²) in [4.78, 5) is 10.3. The standard InChI is InChI=1S/C11H13IN2O2S/c12-10-5-9(1-2-11(10)14(15)16)13-6-8-3-4-17-7-8/h1-2,5,8,13H,3-4,6-7H2. The molecule has 17 heavy (non-hydrogen) atoms. The maximum atomic E-state index is 10.7. The van der Waals surface area contributed by atoms with E-state index in [1.165, 1.54) is 17.9 Å². The predicted molar refractivity (Wildman–Crippen MR) is 79.7 cm³/mol. The molecule has 1 aliphatic heterocycles. The maximum Gasteiger partial charge on any atom is 0.282 e. The van der Waals surface area contributed by atoms with E-state index < -0.39 is 0 Å². The Hall–Kier alpha value is -0.500. The highest BCUT2D eigenvalue weighted by Crippen LogP contribution is 2.26. The second-order valence-electron chi connectivity index (χ2n) is 4.03. The number of nitro benzene ring substituents is 1. The molecule has 0 bridgehead atoms. The largest absolute Gasteiger partial charge is 0.385 e. The van der Waals surface area contributed by atoms with E-state index in [0.717, 1.165) is 18.2 Å². The molecule has 1 heterocycles. The van der Waals surface area contributed by atoms with Gasteiger partial charge in [-0.3, -0.25) is 10.1 Å². The normalized spacial score (nSPS) is 19.2. The fraction of sp³-hybridized carbons (Fsp3) is 0.455. The van der Waals surface area contributed by atoms with Gasteiger partial charge in [0.15, 0.2) is 0 Å². The van der Waals surface area contributed by atoms with E-state index in [1.807, 2.05) is 40.4 Å². The SMILES string of the molecule is O=[N+]([O-])c1ccc(NCC2CCSC2)cc1I. The Balaban J connectivity index is 1.97. The monoisotopic (exact) mass is 364 g/mol. The highest BCUT2D eigenvalue weighted by Gasteiger charge is 2.16. The molecule has 92 valence electrons. The molecule has 1 saturated heterocycles. The van der Waals surface area contributed by atoms with E-state index in [4.69, 9.17) is 0 Å². The first-order valence-electron chi connectivity index (χ1n) is 5.42. The molecule has 0 amide bonds. The Morgan fingerprint density at radius 1 is 1.59 bits per heavy atom. The zero-order chi connectivity index (χ0) is 12.3. The number of nitrogens with zero attached hydrogens (tertiary/aromatic N) is 1. The summed E-state index contributed by atoms with van der Waals surface area (Å²) >= 11 is 4.00. The molecule has 0 saturated carbocycles. The van der Waals surface area contributed by atoms with Crippen molar-refractivity contribution in [2.45, 2.75) is 6.42 Å². The molecule has 1 N–H and O–H groups in total. The molecule has 0 aromatic heterocycles. The fourth-order valence-corrected chi connectivity index (χ4v) is 3.77. The number of rotatable bonds is 4. The third kappa shape index (κ3) is 3.48. The van der Waals surface area contributed by atoms with Gasteiger partial charge in [-0.25, -0.2) is 0 Å². The number of benzene rings is 1. The van der Waals surface area contributed by atoms with Gasteiger partial charge >= 0.3 is 0 Å². The van der Waals surface area contributed by atoms with Gasteiger partial charge in [-0.05, 0) is 58.6 Å². The summed E-state index contributed by atoms with van der Waals surface area (Å²) in [6.45, 7) is 0.959. The van der Waals surface area contributed by atoms with Crippen LogP contribution in [0.25, 0.3) is 0 Å². The lowest BCUT2D eigenvalue weighted by Crippen LogP contribution is -2.13. The molecule has 0 spiro atoms. The Labute approximate surface area is 118 Å². The minimum atomic E-state index is -0.348. The van der Waals surface area contributed by atoms with Crippen molar-refractivity contribution in [3.63, 3.8) is 0 Å². The third-order valence-corrected chi connectivity index (χ3v) is 4.86. The van der Waals surface area contributed by atoms with Gasteiger partial charge in [0.2, 0.25) is 0 Å². The first kappa shape index (κ1) is 12.9. The van der Waals surface area contributed by atoms with E-state index in [2.05, 4.69) is 5.32 Å². The highest BCUT2D eigenvalue weighted by atomic mass is 127. The molecule has 4 nitrogen and oxygen atoms in total. The summed E-state index contributed by atoms with van der Waals surface area (Å²) in [5.41, 5.74) is 1.14. The summed E-state index contributed by atoms with van der Waals surface area (Å²) in [6.07, 6.45) is 1.27. The predicted octanol–water partition coefficient (Wildman–Crippen LogP) is 3.36. The lowest BCUT2D eigenvalue weighted by molar-refractivity contribution is -0.385. The molecule has 1 unspecified atom stereocenters. The van der Waals surface area contributed by atoms with Crippen LogP contribution in [0.4, 0.5) is 11.4 Å². The van der Waals surface area contributed by atoms with Crippen LogP contribution in [0.15, 0.2) is 18.2 Å². The van der Waals surface area contributed by atoms with Gasteiger partial charge in [-0.2, -0.15) is 11.8 Å². The Kier molecular flexibility index (Phi) is 4.49. The topological polar surface area (TPSA) is 55.2 Å². The first-order chi connectivity index (χ1) is 8.16. The van der Waals surface area contributed by atoms with E-state index in [9.17, 15) is 10.1 Å². The molecule has 1 fully saturated rings. The number of hydrogen-bond donors (Lipinski definition) is 1. The average Bonchev–Trinajstić information content (AvgIpc) is 2.78. The number of halogens is 1. The molecule has 2 rings (SSSR count). The van der Waals surface area contributed by atoms with Crippen molar-refractivity contribution in [2.75, 3.05) is 23.4 Å². The van der Waals surface area contributed by atoms with Crippen LogP contribution in [0.5, 0.6) is 0 Å². The highest BCUT2D eigenvalue weighted by molar-refractivity contribution is 14.1. The first-order valence-corrected chi connectivity index (χ1v) is 7.65. The van der Waals surface area contributed by atoms with Crippen LogP contribution in [0.3, 0.4) is 0 Å². The van der Waals surface area contributed by atoms with Gasteiger partial charge in [0.05, 0.1) is 8.49 Å². The maximum absolute atomic E-state index is 10.7. The fourth-order valence-electron chi connectivity index (χ4n) is 1.77. The van der Waals surface area contributed by atoms with Crippen molar-refractivity contribution in [1.29, 1.82) is 0 Å². The zero-order valence-electron chi connectivity index (χ0n) is 9.19. The van der Waals surface area contributed by atoms with Gasteiger partial charge in [0.25, 0.3) is 5.69 Å². The van der Waals surface area contributed by atoms with E-state index in [-0.39, 0.29) is 10.6 Å². The molecular weight excluding hydrogens is 351 g/mol. The van der Waals surface area contributed by atoms with Crippen LogP contribution in [-0.2, 0) is 0 Å². The molecule has 1 atom stereocenters. The smallest absolute Gasteiger partial charge is 0.282 e. The van der Waals surface area contributed by atoms with Crippen LogP contribution in [-0.4, -0.2) is 23.0 Å². The van der Waals surface area contributed by atoms with E-state index in [1.54, 1.807) is 12.1 Å². The zero-order valence-corrected chi connectivity index (χ0v) is 12.2. The lowest BCUT2D eigenvalue weighted by atomic mass is 10.1. The minimum Gasteiger partial charge on any atom is -0.385 e. The van der Waals surface area contributed by atoms with Crippen molar-refractivity contribution in [1.82, 2.24) is 0 Å². The van der Waals surface area contributed by atoms with Gasteiger partial charge in [0.1, 0.15) is 0 Å². The van der Waals surface area contributed by atoms with Crippen molar-refractivity contribution in [3.05, 3.63) is 31.9 Å². The summed E-state index contributed by atoms with van der Waals surface area (Å²) in [5.74, 6) is 3.20. The minimum absolute atomic E-state index is 0.174. The van der Waals surface area contributed by atoms with Crippen LogP contribution >= 0.6 is 34.4 Å². The third-order valence-electron chi connectivity index (χ3n) is 2.76. The summed E-state index contributed by atoms with van der Waals surface area (Å²) in [7, 11) is 0. The van der Waals surface area contributed by atoms with Gasteiger partial charge in [-0.1, -0.05) is 0 Å². The Morgan fingerprint density at radius 3 is 3.00 bits per heavy atom. The van der Waals surface area contributed by atoms with E-state index in [0.29, 0.717) is 3.57 Å². The van der Waals surface area contributed by atoms with Gasteiger partial charge in [0, 0.05) is 18.3 Å². The van der Waals surface area contributed by atoms with Crippen LogP contribution in [0.1, 0.15) is 6.42 Å². The average molecular weight is 364 g/mol. The second-order valence-corrected chi connectivity index (χ2v) is 6.35. The quantitative estimate of drug-likeness (QED) is 0.506. The van der Waals surface area contributed by atoms with Crippen molar-refractivity contribution < 1.29 is 4.92 Å². The van der Waals surface area contributed by atoms with Crippen molar-refractivity contribution >= 4 is 45.7 Å². The Bertz CT molecular complexity index is 422. The van der Waals surface area contributed by atoms with E-state index >= 15 is 0 Å². The van der Waals surface area contributed by atoms with Crippen LogP contribution in [0.2, 0.25) is 0 Å². The molecule has 1 aromatic rings.